The van der Waals surface area contributed by atoms with Gasteiger partial charge in [0.25, 0.3) is 0 Å². The number of benzene rings is 1. The van der Waals surface area contributed by atoms with E-state index in [1.807, 2.05) is 13.1 Å². The molecule has 1 aliphatic rings. The maximum absolute atomic E-state index is 10.0. The van der Waals surface area contributed by atoms with Gasteiger partial charge in [-0.05, 0) is 25.1 Å². The fraction of sp³-hybridized carbons (Fsp3) is 0.600. The molecule has 0 saturated heterocycles. The molecule has 1 aromatic rings. The number of phenolic OH excluding ortho intramolecular Hbond substituents is 2. The van der Waals surface area contributed by atoms with Gasteiger partial charge >= 0.3 is 0 Å². The van der Waals surface area contributed by atoms with E-state index in [1.54, 1.807) is 0 Å². The van der Waals surface area contributed by atoms with Crippen LogP contribution in [0, 0.1) is 0 Å². The first-order chi connectivity index (χ1) is 9.17. The first-order valence-electron chi connectivity index (χ1n) is 7.01. The zero-order valence-corrected chi connectivity index (χ0v) is 12.9. The van der Waals surface area contributed by atoms with Crippen molar-refractivity contribution in [3.05, 3.63) is 23.3 Å². The minimum atomic E-state index is -0.0536. The van der Waals surface area contributed by atoms with E-state index >= 15 is 0 Å². The van der Waals surface area contributed by atoms with E-state index in [0.717, 1.165) is 30.4 Å². The van der Waals surface area contributed by atoms with Crippen molar-refractivity contribution in [2.24, 2.45) is 0 Å². The largest absolute Gasteiger partial charge is 0.504 e. The first kappa shape index (κ1) is 17.1. The predicted molar refractivity (Wildman–Crippen MR) is 81.8 cm³/mol. The van der Waals surface area contributed by atoms with Crippen molar-refractivity contribution in [1.29, 1.82) is 0 Å². The van der Waals surface area contributed by atoms with Crippen molar-refractivity contribution in [2.45, 2.75) is 44.8 Å². The molecule has 1 aliphatic heterocycles. The van der Waals surface area contributed by atoms with Crippen molar-refractivity contribution in [1.82, 2.24) is 5.32 Å². The number of aromatic hydroxyl groups is 2. The third kappa shape index (κ3) is 3.57. The Hall–Kier alpha value is -0.970. The fourth-order valence-corrected chi connectivity index (χ4v) is 2.68. The summed E-state index contributed by atoms with van der Waals surface area (Å²) in [5.74, 6) is -0.0264. The Kier molecular flexibility index (Phi) is 6.59. The number of nitrogens with one attached hydrogen (secondary N) is 1. The number of halogens is 1. The highest BCUT2D eigenvalue weighted by molar-refractivity contribution is 5.85. The van der Waals surface area contributed by atoms with E-state index in [-0.39, 0.29) is 36.1 Å². The van der Waals surface area contributed by atoms with Crippen LogP contribution in [-0.2, 0) is 11.2 Å². The molecular formula is C15H24ClNO3. The van der Waals surface area contributed by atoms with E-state index in [2.05, 4.69) is 12.2 Å². The highest BCUT2D eigenvalue weighted by Crippen LogP contribution is 2.40. The van der Waals surface area contributed by atoms with Gasteiger partial charge in [0.05, 0.1) is 12.2 Å². The number of phenols is 2. The monoisotopic (exact) mass is 301 g/mol. The molecular weight excluding hydrogens is 278 g/mol. The Bertz CT molecular complexity index is 439. The zero-order valence-electron chi connectivity index (χ0n) is 12.1. The molecule has 2 rings (SSSR count). The summed E-state index contributed by atoms with van der Waals surface area (Å²) in [7, 11) is 1.89. The van der Waals surface area contributed by atoms with Crippen molar-refractivity contribution in [3.63, 3.8) is 0 Å². The van der Waals surface area contributed by atoms with Crippen molar-refractivity contribution in [3.8, 4) is 11.5 Å². The number of hydrogen-bond donors (Lipinski definition) is 3. The SMILES string of the molecule is CCCC[C@H]1Cc2c(ccc(O)c2O)[C@H](CNC)O1.Cl. The molecule has 1 heterocycles. The summed E-state index contributed by atoms with van der Waals surface area (Å²) in [6.07, 6.45) is 3.99. The van der Waals surface area contributed by atoms with Gasteiger partial charge in [-0.1, -0.05) is 25.8 Å². The van der Waals surface area contributed by atoms with Gasteiger partial charge in [-0.15, -0.1) is 12.4 Å². The van der Waals surface area contributed by atoms with Crippen LogP contribution in [0.25, 0.3) is 0 Å². The van der Waals surface area contributed by atoms with Crippen LogP contribution < -0.4 is 5.32 Å². The first-order valence-corrected chi connectivity index (χ1v) is 7.01. The second-order valence-corrected chi connectivity index (χ2v) is 5.15. The highest BCUT2D eigenvalue weighted by Gasteiger charge is 2.29. The second kappa shape index (κ2) is 7.72. The van der Waals surface area contributed by atoms with Crippen LogP contribution in [0.4, 0.5) is 0 Å². The van der Waals surface area contributed by atoms with Gasteiger partial charge in [0.2, 0.25) is 0 Å². The summed E-state index contributed by atoms with van der Waals surface area (Å²) in [5.41, 5.74) is 1.82. The van der Waals surface area contributed by atoms with Gasteiger partial charge in [-0.25, -0.2) is 0 Å². The number of rotatable bonds is 5. The Labute approximate surface area is 126 Å². The molecule has 114 valence electrons. The van der Waals surface area contributed by atoms with E-state index in [0.29, 0.717) is 13.0 Å². The highest BCUT2D eigenvalue weighted by atomic mass is 35.5. The van der Waals surface area contributed by atoms with E-state index in [4.69, 9.17) is 4.74 Å². The number of unbranched alkanes of at least 4 members (excludes halogenated alkanes) is 1. The maximum atomic E-state index is 10.0. The number of likely N-dealkylation sites (N-methyl/N-ethyl adjacent to an activating group) is 1. The molecule has 0 aliphatic carbocycles. The van der Waals surface area contributed by atoms with Crippen molar-refractivity contribution in [2.75, 3.05) is 13.6 Å². The van der Waals surface area contributed by atoms with Gasteiger partial charge < -0.3 is 20.3 Å². The Morgan fingerprint density at radius 1 is 1.35 bits per heavy atom. The molecule has 0 aromatic heterocycles. The molecule has 0 fully saturated rings. The summed E-state index contributed by atoms with van der Waals surface area (Å²) >= 11 is 0. The van der Waals surface area contributed by atoms with Gasteiger partial charge in [0, 0.05) is 18.5 Å². The summed E-state index contributed by atoms with van der Waals surface area (Å²) in [5, 5.41) is 22.8. The lowest BCUT2D eigenvalue weighted by atomic mass is 9.91. The lowest BCUT2D eigenvalue weighted by Crippen LogP contribution is -2.31. The number of hydrogen-bond acceptors (Lipinski definition) is 4. The van der Waals surface area contributed by atoms with Crippen molar-refractivity contribution < 1.29 is 14.9 Å². The average Bonchev–Trinajstić information content (AvgIpc) is 2.41. The van der Waals surface area contributed by atoms with Crippen molar-refractivity contribution >= 4 is 12.4 Å². The summed E-state index contributed by atoms with van der Waals surface area (Å²) in [6.45, 7) is 2.87. The van der Waals surface area contributed by atoms with Crippen LogP contribution in [0.3, 0.4) is 0 Å². The standard InChI is InChI=1S/C15H23NO3.ClH/c1-3-4-5-10-8-12-11(14(19-10)9-16-2)6-7-13(17)15(12)18;/h6-7,10,14,16-18H,3-5,8-9H2,1-2H3;1H/t10-,14-;/m0./s1. The fourth-order valence-electron chi connectivity index (χ4n) is 2.68. The normalized spacial score (nSPS) is 21.1. The molecule has 0 spiro atoms. The lowest BCUT2D eigenvalue weighted by Gasteiger charge is -2.33. The second-order valence-electron chi connectivity index (χ2n) is 5.15. The molecule has 4 nitrogen and oxygen atoms in total. The minimum absolute atomic E-state index is 0. The van der Waals surface area contributed by atoms with E-state index in [9.17, 15) is 10.2 Å². The molecule has 0 amide bonds. The van der Waals surface area contributed by atoms with Gasteiger partial charge in [-0.3, -0.25) is 0 Å². The molecule has 2 atom stereocenters. The molecule has 0 unspecified atom stereocenters. The Morgan fingerprint density at radius 3 is 2.75 bits per heavy atom. The van der Waals surface area contributed by atoms with Crippen LogP contribution in [0.2, 0.25) is 0 Å². The number of ether oxygens (including phenoxy) is 1. The maximum Gasteiger partial charge on any atom is 0.161 e. The molecule has 20 heavy (non-hydrogen) atoms. The van der Waals surface area contributed by atoms with Crippen LogP contribution in [0.15, 0.2) is 12.1 Å². The molecule has 3 N–H and O–H groups in total. The minimum Gasteiger partial charge on any atom is -0.504 e. The average molecular weight is 302 g/mol. The molecule has 0 radical (unpaired) electrons. The quantitative estimate of drug-likeness (QED) is 0.732. The third-order valence-electron chi connectivity index (χ3n) is 3.70. The van der Waals surface area contributed by atoms with Gasteiger partial charge in [0.1, 0.15) is 0 Å². The Balaban J connectivity index is 0.00000200. The van der Waals surface area contributed by atoms with Gasteiger partial charge in [0.15, 0.2) is 11.5 Å². The molecule has 0 saturated carbocycles. The summed E-state index contributed by atoms with van der Waals surface area (Å²) in [4.78, 5) is 0. The smallest absolute Gasteiger partial charge is 0.161 e. The Morgan fingerprint density at radius 2 is 2.10 bits per heavy atom. The van der Waals surface area contributed by atoms with Crippen LogP contribution in [-0.4, -0.2) is 29.9 Å². The zero-order chi connectivity index (χ0) is 13.8. The summed E-state index contributed by atoms with van der Waals surface area (Å²) < 4.78 is 6.09. The topological polar surface area (TPSA) is 61.7 Å². The van der Waals surface area contributed by atoms with Gasteiger partial charge in [-0.2, -0.15) is 0 Å². The molecule has 5 heteroatoms. The van der Waals surface area contributed by atoms with Crippen LogP contribution in [0.5, 0.6) is 11.5 Å². The molecule has 0 bridgehead atoms. The lowest BCUT2D eigenvalue weighted by molar-refractivity contribution is -0.0293. The van der Waals surface area contributed by atoms with E-state index < -0.39 is 0 Å². The molecule has 1 aromatic carbocycles. The number of fused-ring (bicyclic) bond motifs is 1. The third-order valence-corrected chi connectivity index (χ3v) is 3.70. The predicted octanol–water partition coefficient (Wildman–Crippen LogP) is 2.91. The van der Waals surface area contributed by atoms with Crippen LogP contribution >= 0.6 is 12.4 Å². The summed E-state index contributed by atoms with van der Waals surface area (Å²) in [6, 6.07) is 3.38. The van der Waals surface area contributed by atoms with E-state index in [1.165, 1.54) is 6.07 Å². The van der Waals surface area contributed by atoms with Crippen LogP contribution in [0.1, 0.15) is 43.4 Å².